The zero-order valence-electron chi connectivity index (χ0n) is 11.9. The van der Waals surface area contributed by atoms with Gasteiger partial charge in [-0.05, 0) is 49.0 Å². The minimum atomic E-state index is -0.0568. The molecule has 0 spiro atoms. The molecule has 5 heteroatoms. The number of rotatable bonds is 5. The van der Waals surface area contributed by atoms with Gasteiger partial charge in [0.1, 0.15) is 0 Å². The molecular formula is C16H17BrN2OS. The van der Waals surface area contributed by atoms with Crippen LogP contribution in [0.15, 0.2) is 56.7 Å². The maximum Gasteiger partial charge on any atom is 0.221 e. The quantitative estimate of drug-likeness (QED) is 0.831. The van der Waals surface area contributed by atoms with Crippen molar-refractivity contribution in [2.75, 3.05) is 12.4 Å². The Bertz CT molecular complexity index is 629. The standard InChI is InChI=1S/C16H17BrN2OS/c1-11(20)19-14-5-7-15(8-6-14)21-16-9-13(17)4-3-12(16)10-18-2/h3-9,18H,10H2,1-2H3,(H,19,20). The van der Waals surface area contributed by atoms with E-state index in [9.17, 15) is 4.79 Å². The maximum absolute atomic E-state index is 11.0. The van der Waals surface area contributed by atoms with Crippen LogP contribution in [-0.4, -0.2) is 13.0 Å². The maximum atomic E-state index is 11.0. The molecule has 2 aromatic rings. The Kier molecular flexibility index (Phi) is 5.85. The van der Waals surface area contributed by atoms with Crippen molar-refractivity contribution in [3.8, 4) is 0 Å². The Hall–Kier alpha value is -1.30. The number of anilines is 1. The molecule has 2 N–H and O–H groups in total. The van der Waals surface area contributed by atoms with E-state index in [1.807, 2.05) is 31.3 Å². The zero-order valence-corrected chi connectivity index (χ0v) is 14.3. The molecule has 2 aromatic carbocycles. The third-order valence-corrected chi connectivity index (χ3v) is 4.40. The first kappa shape index (κ1) is 16.1. The number of amides is 1. The topological polar surface area (TPSA) is 41.1 Å². The number of benzene rings is 2. The van der Waals surface area contributed by atoms with Crippen molar-refractivity contribution >= 4 is 39.3 Å². The summed E-state index contributed by atoms with van der Waals surface area (Å²) < 4.78 is 1.07. The lowest BCUT2D eigenvalue weighted by Crippen LogP contribution is -2.06. The predicted octanol–water partition coefficient (Wildman–Crippen LogP) is 4.28. The molecule has 0 bridgehead atoms. The van der Waals surface area contributed by atoms with Gasteiger partial charge in [-0.1, -0.05) is 33.8 Å². The smallest absolute Gasteiger partial charge is 0.221 e. The second kappa shape index (κ2) is 7.64. The van der Waals surface area contributed by atoms with Crippen LogP contribution in [0.3, 0.4) is 0 Å². The highest BCUT2D eigenvalue weighted by Gasteiger charge is 2.05. The molecule has 0 saturated carbocycles. The summed E-state index contributed by atoms with van der Waals surface area (Å²) in [5, 5.41) is 5.96. The van der Waals surface area contributed by atoms with Gasteiger partial charge in [-0.3, -0.25) is 4.79 Å². The van der Waals surface area contributed by atoms with Gasteiger partial charge < -0.3 is 10.6 Å². The summed E-state index contributed by atoms with van der Waals surface area (Å²) in [6.07, 6.45) is 0. The molecule has 0 aliphatic carbocycles. The van der Waals surface area contributed by atoms with E-state index < -0.39 is 0 Å². The highest BCUT2D eigenvalue weighted by atomic mass is 79.9. The fourth-order valence-electron chi connectivity index (χ4n) is 1.90. The molecule has 1 amide bonds. The second-order valence-corrected chi connectivity index (χ2v) is 6.62. The fourth-order valence-corrected chi connectivity index (χ4v) is 3.39. The van der Waals surface area contributed by atoms with Gasteiger partial charge in [0, 0.05) is 33.4 Å². The van der Waals surface area contributed by atoms with Crippen molar-refractivity contribution < 1.29 is 4.79 Å². The SMILES string of the molecule is CNCc1ccc(Br)cc1Sc1ccc(NC(C)=O)cc1. The van der Waals surface area contributed by atoms with Crippen LogP contribution in [0.2, 0.25) is 0 Å². The fraction of sp³-hybridized carbons (Fsp3) is 0.188. The van der Waals surface area contributed by atoms with Crippen molar-refractivity contribution in [2.24, 2.45) is 0 Å². The molecule has 3 nitrogen and oxygen atoms in total. The highest BCUT2D eigenvalue weighted by Crippen LogP contribution is 2.33. The summed E-state index contributed by atoms with van der Waals surface area (Å²) in [6, 6.07) is 14.2. The van der Waals surface area contributed by atoms with E-state index in [0.717, 1.165) is 21.6 Å². The van der Waals surface area contributed by atoms with E-state index >= 15 is 0 Å². The molecular weight excluding hydrogens is 348 g/mol. The Morgan fingerprint density at radius 3 is 2.52 bits per heavy atom. The van der Waals surface area contributed by atoms with Crippen LogP contribution in [0.4, 0.5) is 5.69 Å². The first-order chi connectivity index (χ1) is 10.1. The molecule has 0 saturated heterocycles. The van der Waals surface area contributed by atoms with Crippen molar-refractivity contribution in [3.05, 3.63) is 52.5 Å². The Morgan fingerprint density at radius 2 is 1.90 bits per heavy atom. The number of hydrogen-bond donors (Lipinski definition) is 2. The molecule has 0 unspecified atom stereocenters. The Labute approximate surface area is 137 Å². The second-order valence-electron chi connectivity index (χ2n) is 4.59. The molecule has 0 atom stereocenters. The molecule has 0 heterocycles. The van der Waals surface area contributed by atoms with Gasteiger partial charge in [-0.2, -0.15) is 0 Å². The molecule has 0 aromatic heterocycles. The van der Waals surface area contributed by atoms with Gasteiger partial charge in [0.15, 0.2) is 0 Å². The van der Waals surface area contributed by atoms with Gasteiger partial charge >= 0.3 is 0 Å². The molecule has 21 heavy (non-hydrogen) atoms. The molecule has 110 valence electrons. The molecule has 0 fully saturated rings. The molecule has 2 rings (SSSR count). The molecule has 0 aliphatic rings. The number of nitrogens with one attached hydrogen (secondary N) is 2. The van der Waals surface area contributed by atoms with Crippen LogP contribution in [0, 0.1) is 0 Å². The Balaban J connectivity index is 2.17. The number of hydrogen-bond acceptors (Lipinski definition) is 3. The summed E-state index contributed by atoms with van der Waals surface area (Å²) in [5.74, 6) is -0.0568. The van der Waals surface area contributed by atoms with Crippen molar-refractivity contribution in [1.82, 2.24) is 5.32 Å². The predicted molar refractivity (Wildman–Crippen MR) is 91.8 cm³/mol. The van der Waals surface area contributed by atoms with E-state index in [0.29, 0.717) is 0 Å². The highest BCUT2D eigenvalue weighted by molar-refractivity contribution is 9.10. The Morgan fingerprint density at radius 1 is 1.19 bits per heavy atom. The summed E-state index contributed by atoms with van der Waals surface area (Å²) in [5.41, 5.74) is 2.08. The van der Waals surface area contributed by atoms with Gasteiger partial charge in [0.2, 0.25) is 5.91 Å². The monoisotopic (exact) mass is 364 g/mol. The van der Waals surface area contributed by atoms with Gasteiger partial charge in [0.25, 0.3) is 0 Å². The lowest BCUT2D eigenvalue weighted by atomic mass is 10.2. The average Bonchev–Trinajstić information content (AvgIpc) is 2.43. The van der Waals surface area contributed by atoms with E-state index in [4.69, 9.17) is 0 Å². The van der Waals surface area contributed by atoms with Gasteiger partial charge in [0.05, 0.1) is 0 Å². The van der Waals surface area contributed by atoms with E-state index in [1.165, 1.54) is 17.4 Å². The van der Waals surface area contributed by atoms with Crippen LogP contribution in [-0.2, 0) is 11.3 Å². The summed E-state index contributed by atoms with van der Waals surface area (Å²) in [6.45, 7) is 2.34. The van der Waals surface area contributed by atoms with Crippen LogP contribution < -0.4 is 10.6 Å². The van der Waals surface area contributed by atoms with Crippen molar-refractivity contribution in [3.63, 3.8) is 0 Å². The van der Waals surface area contributed by atoms with E-state index in [1.54, 1.807) is 11.8 Å². The number of carbonyl (C=O) groups is 1. The normalized spacial score (nSPS) is 10.4. The number of carbonyl (C=O) groups excluding carboxylic acids is 1. The van der Waals surface area contributed by atoms with E-state index in [-0.39, 0.29) is 5.91 Å². The van der Waals surface area contributed by atoms with Gasteiger partial charge in [-0.15, -0.1) is 0 Å². The zero-order chi connectivity index (χ0) is 15.2. The first-order valence-electron chi connectivity index (χ1n) is 6.57. The first-order valence-corrected chi connectivity index (χ1v) is 8.18. The van der Waals surface area contributed by atoms with E-state index in [2.05, 4.69) is 44.8 Å². The average molecular weight is 365 g/mol. The summed E-state index contributed by atoms with van der Waals surface area (Å²) in [4.78, 5) is 13.4. The summed E-state index contributed by atoms with van der Waals surface area (Å²) >= 11 is 5.23. The minimum absolute atomic E-state index is 0.0568. The van der Waals surface area contributed by atoms with Crippen LogP contribution in [0.1, 0.15) is 12.5 Å². The van der Waals surface area contributed by atoms with Crippen molar-refractivity contribution in [1.29, 1.82) is 0 Å². The van der Waals surface area contributed by atoms with Crippen LogP contribution in [0.25, 0.3) is 0 Å². The van der Waals surface area contributed by atoms with Gasteiger partial charge in [-0.25, -0.2) is 0 Å². The minimum Gasteiger partial charge on any atom is -0.326 e. The van der Waals surface area contributed by atoms with Crippen molar-refractivity contribution in [2.45, 2.75) is 23.3 Å². The molecule has 0 radical (unpaired) electrons. The molecule has 0 aliphatic heterocycles. The summed E-state index contributed by atoms with van der Waals surface area (Å²) in [7, 11) is 1.94. The third kappa shape index (κ3) is 4.88. The third-order valence-electron chi connectivity index (χ3n) is 2.80. The van der Waals surface area contributed by atoms with Crippen LogP contribution >= 0.6 is 27.7 Å². The lowest BCUT2D eigenvalue weighted by Gasteiger charge is -2.10. The van der Waals surface area contributed by atoms with Crippen LogP contribution in [0.5, 0.6) is 0 Å². The number of halogens is 1. The lowest BCUT2D eigenvalue weighted by molar-refractivity contribution is -0.114. The largest absolute Gasteiger partial charge is 0.326 e.